The maximum Gasteiger partial charge on any atom is 0.186 e. The highest BCUT2D eigenvalue weighted by Crippen LogP contribution is 2.16. The molecule has 0 fully saturated rings. The van der Waals surface area contributed by atoms with Gasteiger partial charge in [0.1, 0.15) is 0 Å². The second-order valence-corrected chi connectivity index (χ2v) is 5.19. The van der Waals surface area contributed by atoms with Crippen molar-refractivity contribution in [1.82, 2.24) is 0 Å². The first-order valence-corrected chi connectivity index (χ1v) is 6.88. The minimum atomic E-state index is -0.0526. The molecule has 0 aliphatic carbocycles. The van der Waals surface area contributed by atoms with Gasteiger partial charge in [0.2, 0.25) is 0 Å². The number of hydrogen-bond donors (Lipinski definition) is 0. The highest BCUT2D eigenvalue weighted by Gasteiger charge is 2.06. The summed E-state index contributed by atoms with van der Waals surface area (Å²) in [5.41, 5.74) is 4.36. The Morgan fingerprint density at radius 1 is 0.762 bits per heavy atom. The van der Waals surface area contributed by atoms with E-state index in [0.717, 1.165) is 11.1 Å². The van der Waals surface area contributed by atoms with Crippen molar-refractivity contribution < 1.29 is 9.59 Å². The summed E-state index contributed by atoms with van der Waals surface area (Å²) in [6.07, 6.45) is 1.63. The van der Waals surface area contributed by atoms with Gasteiger partial charge in [-0.25, -0.2) is 0 Å². The van der Waals surface area contributed by atoms with Crippen molar-refractivity contribution in [2.45, 2.75) is 20.8 Å². The van der Waals surface area contributed by atoms with E-state index in [1.54, 1.807) is 30.3 Å². The highest BCUT2D eigenvalue weighted by molar-refractivity contribution is 6.08. The molecular weight excluding hydrogens is 260 g/mol. The number of rotatable bonds is 4. The first-order chi connectivity index (χ1) is 9.97. The van der Waals surface area contributed by atoms with Crippen molar-refractivity contribution in [3.05, 3.63) is 76.9 Å². The van der Waals surface area contributed by atoms with E-state index < -0.39 is 0 Å². The summed E-state index contributed by atoms with van der Waals surface area (Å²) in [5.74, 6) is -0.0523. The third kappa shape index (κ3) is 3.76. The largest absolute Gasteiger partial charge is 0.295 e. The van der Waals surface area contributed by atoms with Gasteiger partial charge in [0, 0.05) is 11.1 Å². The predicted molar refractivity (Wildman–Crippen MR) is 85.6 cm³/mol. The van der Waals surface area contributed by atoms with E-state index in [2.05, 4.69) is 0 Å². The van der Waals surface area contributed by atoms with Crippen molar-refractivity contribution in [2.24, 2.45) is 0 Å². The quantitative estimate of drug-likeness (QED) is 0.610. The smallest absolute Gasteiger partial charge is 0.186 e. The van der Waals surface area contributed by atoms with Gasteiger partial charge in [-0.15, -0.1) is 0 Å². The zero-order valence-electron chi connectivity index (χ0n) is 12.5. The molecule has 0 atom stereocenters. The zero-order chi connectivity index (χ0) is 15.4. The topological polar surface area (TPSA) is 34.1 Å². The molecular formula is C19H18O2. The molecule has 0 N–H and O–H groups in total. The van der Waals surface area contributed by atoms with Crippen LogP contribution in [0.5, 0.6) is 0 Å². The molecule has 0 unspecified atom stereocenters. The van der Waals surface area contributed by atoms with Gasteiger partial charge in [-0.1, -0.05) is 54.1 Å². The Morgan fingerprint density at radius 2 is 1.24 bits per heavy atom. The Morgan fingerprint density at radius 3 is 1.76 bits per heavy atom. The molecule has 0 aliphatic heterocycles. The second kappa shape index (κ2) is 6.31. The molecule has 2 aromatic rings. The summed E-state index contributed by atoms with van der Waals surface area (Å²) < 4.78 is 0. The first-order valence-electron chi connectivity index (χ1n) is 6.88. The number of ketones is 2. The van der Waals surface area contributed by atoms with Crippen LogP contribution in [-0.4, -0.2) is 11.6 Å². The summed E-state index contributed by atoms with van der Waals surface area (Å²) in [7, 11) is 0. The Kier molecular flexibility index (Phi) is 4.49. The number of allylic oxidation sites excluding steroid dienone is 2. The summed E-state index contributed by atoms with van der Waals surface area (Å²) in [6.45, 7) is 5.47. The van der Waals surface area contributed by atoms with Gasteiger partial charge >= 0.3 is 0 Å². The molecule has 0 heterocycles. The lowest BCUT2D eigenvalue weighted by molar-refractivity contribution is 0.101. The fraction of sp³-hybridized carbons (Fsp3) is 0.158. The lowest BCUT2D eigenvalue weighted by Crippen LogP contribution is -1.98. The van der Waals surface area contributed by atoms with Crippen LogP contribution in [-0.2, 0) is 0 Å². The summed E-state index contributed by atoms with van der Waals surface area (Å²) in [6, 6.07) is 14.8. The average Bonchev–Trinajstić information content (AvgIpc) is 2.47. The van der Waals surface area contributed by atoms with Gasteiger partial charge in [-0.2, -0.15) is 0 Å². The Hall–Kier alpha value is -2.48. The third-order valence-electron chi connectivity index (χ3n) is 3.43. The number of carbonyl (C=O) groups excluding carboxylic acids is 2. The van der Waals surface area contributed by atoms with E-state index in [4.69, 9.17) is 0 Å². The van der Waals surface area contributed by atoms with Crippen LogP contribution in [0.25, 0.3) is 5.57 Å². The lowest BCUT2D eigenvalue weighted by Gasteiger charge is -2.03. The number of benzene rings is 2. The molecule has 106 valence electrons. The van der Waals surface area contributed by atoms with Crippen molar-refractivity contribution in [3.63, 3.8) is 0 Å². The molecule has 0 aliphatic rings. The van der Waals surface area contributed by atoms with Gasteiger partial charge in [-0.05, 0) is 38.0 Å². The minimum absolute atomic E-state index is 0.000349. The molecule has 2 rings (SSSR count). The lowest BCUT2D eigenvalue weighted by atomic mass is 10.0. The van der Waals surface area contributed by atoms with Gasteiger partial charge in [0.25, 0.3) is 0 Å². The molecule has 0 spiro atoms. The summed E-state index contributed by atoms with van der Waals surface area (Å²) >= 11 is 0. The predicted octanol–water partition coefficient (Wildman–Crippen LogP) is 4.48. The van der Waals surface area contributed by atoms with Gasteiger partial charge in [-0.3, -0.25) is 9.59 Å². The van der Waals surface area contributed by atoms with Crippen LogP contribution in [0.15, 0.2) is 54.6 Å². The SMILES string of the molecule is CC(=O)c1ccc(C(=O)/C=C(\C)c2ccc(C)cc2)cc1. The van der Waals surface area contributed by atoms with E-state index >= 15 is 0 Å². The van der Waals surface area contributed by atoms with Gasteiger partial charge in [0.15, 0.2) is 11.6 Å². The van der Waals surface area contributed by atoms with Crippen LogP contribution in [0.2, 0.25) is 0 Å². The fourth-order valence-electron chi connectivity index (χ4n) is 2.05. The molecule has 0 radical (unpaired) electrons. The maximum atomic E-state index is 12.2. The molecule has 2 heteroatoms. The van der Waals surface area contributed by atoms with Gasteiger partial charge < -0.3 is 0 Å². The van der Waals surface area contributed by atoms with Crippen LogP contribution in [0.1, 0.15) is 45.7 Å². The van der Waals surface area contributed by atoms with E-state index in [1.165, 1.54) is 12.5 Å². The van der Waals surface area contributed by atoms with Crippen LogP contribution in [0.3, 0.4) is 0 Å². The van der Waals surface area contributed by atoms with Crippen LogP contribution < -0.4 is 0 Å². The molecule has 0 aromatic heterocycles. The van der Waals surface area contributed by atoms with Crippen molar-refractivity contribution in [1.29, 1.82) is 0 Å². The standard InChI is InChI=1S/C19H18O2/c1-13-4-6-16(7-5-13)14(2)12-19(21)18-10-8-17(9-11-18)15(3)20/h4-12H,1-3H3/b14-12+. The van der Waals surface area contributed by atoms with Crippen LogP contribution >= 0.6 is 0 Å². The van der Waals surface area contributed by atoms with Crippen LogP contribution in [0, 0.1) is 6.92 Å². The van der Waals surface area contributed by atoms with E-state index in [0.29, 0.717) is 11.1 Å². The molecule has 0 saturated carbocycles. The second-order valence-electron chi connectivity index (χ2n) is 5.19. The van der Waals surface area contributed by atoms with E-state index in [1.807, 2.05) is 38.1 Å². The number of Topliss-reactive ketones (excluding diaryl/α,β-unsaturated/α-hetero) is 1. The molecule has 2 nitrogen and oxygen atoms in total. The Labute approximate surface area is 125 Å². The van der Waals surface area contributed by atoms with E-state index in [9.17, 15) is 9.59 Å². The molecule has 2 aromatic carbocycles. The van der Waals surface area contributed by atoms with Crippen LogP contribution in [0.4, 0.5) is 0 Å². The zero-order valence-corrected chi connectivity index (χ0v) is 12.5. The summed E-state index contributed by atoms with van der Waals surface area (Å²) in [5, 5.41) is 0. The average molecular weight is 278 g/mol. The third-order valence-corrected chi connectivity index (χ3v) is 3.43. The molecule has 0 saturated heterocycles. The van der Waals surface area contributed by atoms with Crippen molar-refractivity contribution in [2.75, 3.05) is 0 Å². The van der Waals surface area contributed by atoms with Crippen molar-refractivity contribution in [3.8, 4) is 0 Å². The Bertz CT molecular complexity index is 689. The van der Waals surface area contributed by atoms with Crippen molar-refractivity contribution >= 4 is 17.1 Å². The molecule has 21 heavy (non-hydrogen) atoms. The number of aryl methyl sites for hydroxylation is 1. The molecule has 0 bridgehead atoms. The first kappa shape index (κ1) is 14.9. The van der Waals surface area contributed by atoms with E-state index in [-0.39, 0.29) is 11.6 Å². The minimum Gasteiger partial charge on any atom is -0.295 e. The maximum absolute atomic E-state index is 12.2. The highest BCUT2D eigenvalue weighted by atomic mass is 16.1. The Balaban J connectivity index is 2.21. The monoisotopic (exact) mass is 278 g/mol. The normalized spacial score (nSPS) is 11.3. The number of carbonyl (C=O) groups is 2. The fourth-order valence-corrected chi connectivity index (χ4v) is 2.05. The van der Waals surface area contributed by atoms with Gasteiger partial charge in [0.05, 0.1) is 0 Å². The number of hydrogen-bond acceptors (Lipinski definition) is 2. The summed E-state index contributed by atoms with van der Waals surface area (Å²) in [4.78, 5) is 23.4. The molecule has 0 amide bonds.